The van der Waals surface area contributed by atoms with Crippen molar-refractivity contribution in [3.63, 3.8) is 0 Å². The van der Waals surface area contributed by atoms with Crippen molar-refractivity contribution in [1.29, 1.82) is 0 Å². The molecule has 0 bridgehead atoms. The lowest BCUT2D eigenvalue weighted by Crippen LogP contribution is -2.44. The van der Waals surface area contributed by atoms with Gasteiger partial charge >= 0.3 is 6.03 Å². The van der Waals surface area contributed by atoms with E-state index in [1.165, 1.54) is 29.8 Å². The minimum atomic E-state index is -1.27. The Morgan fingerprint density at radius 3 is 2.71 bits per heavy atom. The minimum Gasteiger partial charge on any atom is -0.384 e. The Balaban J connectivity index is 1.57. The summed E-state index contributed by atoms with van der Waals surface area (Å²) in [4.78, 5) is 12.1. The quantitative estimate of drug-likeness (QED) is 0.808. The van der Waals surface area contributed by atoms with E-state index in [1.807, 2.05) is 18.2 Å². The van der Waals surface area contributed by atoms with Crippen LogP contribution in [0.4, 0.5) is 9.18 Å². The van der Waals surface area contributed by atoms with Crippen LogP contribution in [-0.4, -0.2) is 17.7 Å². The fraction of sp³-hybridized carbons (Fsp3) is 0.316. The molecule has 0 radical (unpaired) electrons. The molecule has 0 aliphatic heterocycles. The third-order valence-electron chi connectivity index (χ3n) is 4.50. The number of fused-ring (bicyclic) bond motifs is 1. The first-order chi connectivity index (χ1) is 11.5. The second-order valence-electron chi connectivity index (χ2n) is 6.40. The van der Waals surface area contributed by atoms with Gasteiger partial charge in [-0.15, -0.1) is 0 Å². The van der Waals surface area contributed by atoms with E-state index in [4.69, 9.17) is 0 Å². The molecule has 0 saturated heterocycles. The molecule has 1 aliphatic rings. The lowest BCUT2D eigenvalue weighted by atomic mass is 9.96. The number of nitrogens with one attached hydrogen (secondary N) is 2. The fourth-order valence-electron chi connectivity index (χ4n) is 3.08. The van der Waals surface area contributed by atoms with E-state index < -0.39 is 5.60 Å². The number of hydrogen-bond acceptors (Lipinski definition) is 2. The average molecular weight is 328 g/mol. The third-order valence-corrected chi connectivity index (χ3v) is 4.50. The monoisotopic (exact) mass is 328 g/mol. The van der Waals surface area contributed by atoms with Gasteiger partial charge in [0.05, 0.1) is 12.6 Å². The normalized spacial score (nSPS) is 18.5. The highest BCUT2D eigenvalue weighted by Gasteiger charge is 2.26. The standard InChI is InChI=1S/C19H21FN2O2/c1-19(24,14-7-9-15(20)10-8-14)12-21-18(23)22-17-11-6-13-4-2-3-5-16(13)17/h2-5,7-10,17,24H,6,11-12H2,1H3,(H2,21,22,23). The zero-order valence-electron chi connectivity index (χ0n) is 13.6. The molecule has 0 saturated carbocycles. The lowest BCUT2D eigenvalue weighted by molar-refractivity contribution is 0.0592. The van der Waals surface area contributed by atoms with Gasteiger partial charge in [-0.25, -0.2) is 9.18 Å². The number of rotatable bonds is 4. The van der Waals surface area contributed by atoms with Crippen LogP contribution >= 0.6 is 0 Å². The van der Waals surface area contributed by atoms with Crippen LogP contribution in [0.1, 0.15) is 36.1 Å². The van der Waals surface area contributed by atoms with Crippen molar-refractivity contribution in [3.05, 3.63) is 71.0 Å². The molecule has 3 N–H and O–H groups in total. The second kappa shape index (κ2) is 6.61. The highest BCUT2D eigenvalue weighted by Crippen LogP contribution is 2.30. The number of carbonyl (C=O) groups excluding carboxylic acids is 1. The molecule has 2 atom stereocenters. The lowest BCUT2D eigenvalue weighted by Gasteiger charge is -2.25. The molecule has 2 aromatic carbocycles. The van der Waals surface area contributed by atoms with E-state index in [1.54, 1.807) is 6.92 Å². The van der Waals surface area contributed by atoms with Crippen molar-refractivity contribution in [2.75, 3.05) is 6.54 Å². The molecular formula is C19H21FN2O2. The van der Waals surface area contributed by atoms with Crippen LogP contribution in [0.2, 0.25) is 0 Å². The first-order valence-corrected chi connectivity index (χ1v) is 8.06. The summed E-state index contributed by atoms with van der Waals surface area (Å²) in [6.45, 7) is 1.63. The molecule has 0 fully saturated rings. The number of carbonyl (C=O) groups is 1. The highest BCUT2D eigenvalue weighted by molar-refractivity contribution is 5.74. The first kappa shape index (κ1) is 16.5. The van der Waals surface area contributed by atoms with Crippen LogP contribution < -0.4 is 10.6 Å². The first-order valence-electron chi connectivity index (χ1n) is 8.06. The molecule has 3 rings (SSSR count). The largest absolute Gasteiger partial charge is 0.384 e. The molecule has 4 nitrogen and oxygen atoms in total. The van der Waals surface area contributed by atoms with Crippen molar-refractivity contribution in [1.82, 2.24) is 10.6 Å². The molecule has 24 heavy (non-hydrogen) atoms. The summed E-state index contributed by atoms with van der Waals surface area (Å²) in [7, 11) is 0. The molecular weight excluding hydrogens is 307 g/mol. The Bertz CT molecular complexity index is 728. The smallest absolute Gasteiger partial charge is 0.315 e. The van der Waals surface area contributed by atoms with Gasteiger partial charge in [0.25, 0.3) is 0 Å². The van der Waals surface area contributed by atoms with Crippen molar-refractivity contribution in [2.45, 2.75) is 31.4 Å². The summed E-state index contributed by atoms with van der Waals surface area (Å²) < 4.78 is 13.0. The number of urea groups is 1. The summed E-state index contributed by atoms with van der Waals surface area (Å²) in [6.07, 6.45) is 1.83. The molecule has 0 spiro atoms. The van der Waals surface area contributed by atoms with Crippen LogP contribution in [0.25, 0.3) is 0 Å². The van der Waals surface area contributed by atoms with E-state index in [9.17, 15) is 14.3 Å². The van der Waals surface area contributed by atoms with Crippen molar-refractivity contribution in [2.24, 2.45) is 0 Å². The molecule has 2 unspecified atom stereocenters. The second-order valence-corrected chi connectivity index (χ2v) is 6.40. The van der Waals surface area contributed by atoms with E-state index >= 15 is 0 Å². The average Bonchev–Trinajstić information content (AvgIpc) is 2.97. The predicted octanol–water partition coefficient (Wildman–Crippen LogP) is 3.02. The van der Waals surface area contributed by atoms with Crippen molar-refractivity contribution in [3.8, 4) is 0 Å². The predicted molar refractivity (Wildman–Crippen MR) is 90.0 cm³/mol. The van der Waals surface area contributed by atoms with Gasteiger partial charge in [-0.1, -0.05) is 36.4 Å². The van der Waals surface area contributed by atoms with Crippen LogP contribution in [0.3, 0.4) is 0 Å². The van der Waals surface area contributed by atoms with Gasteiger partial charge in [0.1, 0.15) is 11.4 Å². The zero-order valence-corrected chi connectivity index (χ0v) is 13.6. The Kier molecular flexibility index (Phi) is 4.53. The Hall–Kier alpha value is -2.40. The van der Waals surface area contributed by atoms with E-state index in [-0.39, 0.29) is 24.4 Å². The summed E-state index contributed by atoms with van der Waals surface area (Å²) in [5.41, 5.74) is 1.70. The Labute approximate surface area is 140 Å². The molecule has 1 aliphatic carbocycles. The SMILES string of the molecule is CC(O)(CNC(=O)NC1CCc2ccccc21)c1ccc(F)cc1. The van der Waals surface area contributed by atoms with Crippen LogP contribution in [0.15, 0.2) is 48.5 Å². The van der Waals surface area contributed by atoms with Crippen LogP contribution in [0, 0.1) is 5.82 Å². The van der Waals surface area contributed by atoms with Crippen LogP contribution in [0.5, 0.6) is 0 Å². The number of aryl methyl sites for hydroxylation is 1. The van der Waals surface area contributed by atoms with Gasteiger partial charge in [-0.2, -0.15) is 0 Å². The van der Waals surface area contributed by atoms with Gasteiger partial charge in [0.2, 0.25) is 0 Å². The maximum Gasteiger partial charge on any atom is 0.315 e. The molecule has 0 aromatic heterocycles. The third kappa shape index (κ3) is 3.57. The topological polar surface area (TPSA) is 61.4 Å². The van der Waals surface area contributed by atoms with Gasteiger partial charge in [-0.05, 0) is 48.6 Å². The van der Waals surface area contributed by atoms with Gasteiger partial charge < -0.3 is 15.7 Å². The Morgan fingerprint density at radius 1 is 1.25 bits per heavy atom. The van der Waals surface area contributed by atoms with E-state index in [0.717, 1.165) is 18.4 Å². The molecule has 5 heteroatoms. The maximum atomic E-state index is 13.0. The fourth-order valence-corrected chi connectivity index (χ4v) is 3.08. The number of aliphatic hydroxyl groups is 1. The Morgan fingerprint density at radius 2 is 1.96 bits per heavy atom. The van der Waals surface area contributed by atoms with E-state index in [0.29, 0.717) is 5.56 Å². The van der Waals surface area contributed by atoms with Gasteiger partial charge in [0.15, 0.2) is 0 Å². The van der Waals surface area contributed by atoms with Crippen LogP contribution in [-0.2, 0) is 12.0 Å². The highest BCUT2D eigenvalue weighted by atomic mass is 19.1. The summed E-state index contributed by atoms with van der Waals surface area (Å²) in [5, 5.41) is 16.1. The van der Waals surface area contributed by atoms with Crippen molar-refractivity contribution < 1.29 is 14.3 Å². The summed E-state index contributed by atoms with van der Waals surface area (Å²) >= 11 is 0. The number of halogens is 1. The van der Waals surface area contributed by atoms with Crippen molar-refractivity contribution >= 4 is 6.03 Å². The minimum absolute atomic E-state index is 0.00281. The van der Waals surface area contributed by atoms with Gasteiger partial charge in [0, 0.05) is 0 Å². The van der Waals surface area contributed by atoms with E-state index in [2.05, 4.69) is 16.7 Å². The molecule has 2 aromatic rings. The molecule has 0 heterocycles. The zero-order chi connectivity index (χ0) is 17.2. The summed E-state index contributed by atoms with van der Waals surface area (Å²) in [5.74, 6) is -0.361. The summed E-state index contributed by atoms with van der Waals surface area (Å²) in [6, 6.07) is 13.4. The molecule has 126 valence electrons. The van der Waals surface area contributed by atoms with Gasteiger partial charge in [-0.3, -0.25) is 0 Å². The molecule has 2 amide bonds. The maximum absolute atomic E-state index is 13.0. The number of hydrogen-bond donors (Lipinski definition) is 3. The number of benzene rings is 2. The number of amides is 2.